The van der Waals surface area contributed by atoms with Gasteiger partial charge in [-0.3, -0.25) is 9.59 Å². The van der Waals surface area contributed by atoms with Crippen molar-refractivity contribution in [3.05, 3.63) is 54.1 Å². The highest BCUT2D eigenvalue weighted by molar-refractivity contribution is 6.01. The van der Waals surface area contributed by atoms with E-state index in [0.717, 1.165) is 0 Å². The number of amides is 1. The number of hydrogen-bond acceptors (Lipinski definition) is 3. The normalized spacial score (nSPS) is 18.7. The fourth-order valence-corrected chi connectivity index (χ4v) is 2.99. The van der Waals surface area contributed by atoms with Crippen molar-refractivity contribution >= 4 is 23.2 Å². The van der Waals surface area contributed by atoms with Gasteiger partial charge in [0.2, 0.25) is 5.91 Å². The lowest BCUT2D eigenvalue weighted by atomic mass is 9.98. The van der Waals surface area contributed by atoms with E-state index in [4.69, 9.17) is 0 Å². The number of benzene rings is 1. The van der Waals surface area contributed by atoms with Gasteiger partial charge in [0, 0.05) is 6.20 Å². The van der Waals surface area contributed by atoms with Crippen LogP contribution in [0.1, 0.15) is 23.7 Å². The Labute approximate surface area is 147 Å². The average molecular weight is 355 g/mol. The SMILES string of the molecule is CC(=O)c1c(F)cccc1-c1ccc2nc(NC(=O)C3CC3F)cn2c1. The van der Waals surface area contributed by atoms with Crippen LogP contribution >= 0.6 is 0 Å². The maximum Gasteiger partial charge on any atom is 0.231 e. The molecule has 0 radical (unpaired) electrons. The molecule has 1 amide bonds. The molecule has 1 N–H and O–H groups in total. The minimum atomic E-state index is -1.07. The molecule has 1 saturated carbocycles. The van der Waals surface area contributed by atoms with Crippen LogP contribution in [0.2, 0.25) is 0 Å². The zero-order chi connectivity index (χ0) is 18.4. The first-order chi connectivity index (χ1) is 12.4. The van der Waals surface area contributed by atoms with Gasteiger partial charge in [-0.1, -0.05) is 12.1 Å². The van der Waals surface area contributed by atoms with Crippen molar-refractivity contribution in [3.8, 4) is 11.1 Å². The van der Waals surface area contributed by atoms with E-state index < -0.39 is 17.9 Å². The monoisotopic (exact) mass is 355 g/mol. The molecule has 1 aromatic carbocycles. The van der Waals surface area contributed by atoms with Crippen molar-refractivity contribution in [2.45, 2.75) is 19.5 Å². The van der Waals surface area contributed by atoms with Gasteiger partial charge >= 0.3 is 0 Å². The molecule has 0 aliphatic heterocycles. The summed E-state index contributed by atoms with van der Waals surface area (Å²) in [4.78, 5) is 27.9. The summed E-state index contributed by atoms with van der Waals surface area (Å²) in [5.41, 5.74) is 1.72. The number of pyridine rings is 1. The number of aromatic nitrogens is 2. The highest BCUT2D eigenvalue weighted by Crippen LogP contribution is 2.34. The molecule has 5 nitrogen and oxygen atoms in total. The highest BCUT2D eigenvalue weighted by atomic mass is 19.1. The maximum absolute atomic E-state index is 14.0. The summed E-state index contributed by atoms with van der Waals surface area (Å²) < 4.78 is 28.7. The van der Waals surface area contributed by atoms with E-state index in [-0.39, 0.29) is 23.7 Å². The standard InChI is InChI=1S/C19H15F2N3O2/c1-10(25)18-12(3-2-4-14(18)20)11-5-6-17-22-16(9-24(17)8-11)23-19(26)13-7-15(13)21/h2-6,8-9,13,15H,7H2,1H3,(H,23,26). The molecular weight excluding hydrogens is 340 g/mol. The molecule has 0 bridgehead atoms. The second-order valence-electron chi connectivity index (χ2n) is 6.38. The van der Waals surface area contributed by atoms with Gasteiger partial charge in [0.15, 0.2) is 11.6 Å². The summed E-state index contributed by atoms with van der Waals surface area (Å²) in [6, 6.07) is 7.90. The van der Waals surface area contributed by atoms with Crippen molar-refractivity contribution < 1.29 is 18.4 Å². The Bertz CT molecular complexity index is 1040. The summed E-state index contributed by atoms with van der Waals surface area (Å²) in [6.07, 6.45) is 2.47. The Morgan fingerprint density at radius 1 is 1.23 bits per heavy atom. The van der Waals surface area contributed by atoms with Crippen molar-refractivity contribution in [2.24, 2.45) is 5.92 Å². The first-order valence-corrected chi connectivity index (χ1v) is 8.17. The third-order valence-electron chi connectivity index (χ3n) is 4.43. The number of nitrogens with one attached hydrogen (secondary N) is 1. The maximum atomic E-state index is 14.0. The topological polar surface area (TPSA) is 63.5 Å². The number of halogens is 2. The lowest BCUT2D eigenvalue weighted by molar-refractivity contribution is -0.117. The van der Waals surface area contributed by atoms with Gasteiger partial charge < -0.3 is 9.72 Å². The van der Waals surface area contributed by atoms with Crippen LogP contribution in [-0.2, 0) is 4.79 Å². The average Bonchev–Trinajstić information content (AvgIpc) is 3.19. The van der Waals surface area contributed by atoms with Crippen LogP contribution in [0.4, 0.5) is 14.6 Å². The number of carbonyl (C=O) groups excluding carboxylic acids is 2. The number of nitrogens with zero attached hydrogens (tertiary/aromatic N) is 2. The van der Waals surface area contributed by atoms with Gasteiger partial charge in [0.05, 0.1) is 17.7 Å². The van der Waals surface area contributed by atoms with E-state index in [2.05, 4.69) is 10.3 Å². The smallest absolute Gasteiger partial charge is 0.231 e. The molecule has 7 heteroatoms. The van der Waals surface area contributed by atoms with Gasteiger partial charge in [0.25, 0.3) is 0 Å². The Balaban J connectivity index is 1.69. The Hall–Kier alpha value is -3.09. The highest BCUT2D eigenvalue weighted by Gasteiger charge is 2.43. The second-order valence-corrected chi connectivity index (χ2v) is 6.38. The molecule has 0 saturated heterocycles. The number of rotatable bonds is 4. The number of fused-ring (bicyclic) bond motifs is 1. The fourth-order valence-electron chi connectivity index (χ4n) is 2.99. The fraction of sp³-hybridized carbons (Fsp3) is 0.211. The van der Waals surface area contributed by atoms with E-state index >= 15 is 0 Å². The van der Waals surface area contributed by atoms with Crippen LogP contribution in [0.25, 0.3) is 16.8 Å². The lowest BCUT2D eigenvalue weighted by Crippen LogP contribution is -2.15. The van der Waals surface area contributed by atoms with E-state index in [1.54, 1.807) is 41.1 Å². The summed E-state index contributed by atoms with van der Waals surface area (Å²) in [6.45, 7) is 1.32. The third kappa shape index (κ3) is 2.85. The number of alkyl halides is 1. The van der Waals surface area contributed by atoms with Gasteiger partial charge in [-0.15, -0.1) is 0 Å². The van der Waals surface area contributed by atoms with Gasteiger partial charge in [-0.25, -0.2) is 13.8 Å². The van der Waals surface area contributed by atoms with Crippen molar-refractivity contribution in [1.82, 2.24) is 9.38 Å². The third-order valence-corrected chi connectivity index (χ3v) is 4.43. The summed E-state index contributed by atoms with van der Waals surface area (Å²) in [5, 5.41) is 2.60. The van der Waals surface area contributed by atoms with Crippen LogP contribution in [0.15, 0.2) is 42.7 Å². The molecule has 26 heavy (non-hydrogen) atoms. The zero-order valence-electron chi connectivity index (χ0n) is 13.9. The Kier molecular flexibility index (Phi) is 3.79. The molecule has 2 unspecified atom stereocenters. The van der Waals surface area contributed by atoms with Crippen LogP contribution in [0.3, 0.4) is 0 Å². The molecule has 132 valence electrons. The van der Waals surface area contributed by atoms with Crippen LogP contribution in [0.5, 0.6) is 0 Å². The Morgan fingerprint density at radius 3 is 2.69 bits per heavy atom. The van der Waals surface area contributed by atoms with Crippen molar-refractivity contribution in [1.29, 1.82) is 0 Å². The number of ketones is 1. The number of Topliss-reactive ketones (excluding diaryl/α,β-unsaturated/α-hetero) is 1. The zero-order valence-corrected chi connectivity index (χ0v) is 13.9. The molecule has 1 aliphatic carbocycles. The molecule has 4 rings (SSSR count). The van der Waals surface area contributed by atoms with E-state index in [0.29, 0.717) is 22.6 Å². The van der Waals surface area contributed by atoms with E-state index in [9.17, 15) is 18.4 Å². The molecule has 1 aliphatic rings. The second kappa shape index (κ2) is 6.01. The van der Waals surface area contributed by atoms with Crippen molar-refractivity contribution in [2.75, 3.05) is 5.32 Å². The molecule has 3 aromatic rings. The lowest BCUT2D eigenvalue weighted by Gasteiger charge is -2.08. The van der Waals surface area contributed by atoms with E-state index in [1.165, 1.54) is 13.0 Å². The van der Waals surface area contributed by atoms with Gasteiger partial charge in [0.1, 0.15) is 17.6 Å². The summed E-state index contributed by atoms with van der Waals surface area (Å²) in [7, 11) is 0. The molecule has 2 aromatic heterocycles. The first-order valence-electron chi connectivity index (χ1n) is 8.17. The predicted octanol–water partition coefficient (Wildman–Crippen LogP) is 3.64. The van der Waals surface area contributed by atoms with E-state index in [1.807, 2.05) is 0 Å². The number of carbonyl (C=O) groups is 2. The molecular formula is C19H15F2N3O2. The largest absolute Gasteiger partial charge is 0.309 e. The predicted molar refractivity (Wildman–Crippen MR) is 92.2 cm³/mol. The first kappa shape index (κ1) is 16.4. The van der Waals surface area contributed by atoms with Crippen LogP contribution in [-0.4, -0.2) is 27.2 Å². The molecule has 1 fully saturated rings. The van der Waals surface area contributed by atoms with Crippen LogP contribution < -0.4 is 5.32 Å². The number of hydrogen-bond donors (Lipinski definition) is 1. The summed E-state index contributed by atoms with van der Waals surface area (Å²) >= 11 is 0. The Morgan fingerprint density at radius 2 is 2.00 bits per heavy atom. The minimum absolute atomic E-state index is 0.0308. The molecule has 0 spiro atoms. The van der Waals surface area contributed by atoms with Gasteiger partial charge in [-0.05, 0) is 42.7 Å². The van der Waals surface area contributed by atoms with Crippen molar-refractivity contribution in [3.63, 3.8) is 0 Å². The molecule has 2 heterocycles. The molecule has 2 atom stereocenters. The minimum Gasteiger partial charge on any atom is -0.309 e. The quantitative estimate of drug-likeness (QED) is 0.727. The number of anilines is 1. The van der Waals surface area contributed by atoms with Gasteiger partial charge in [-0.2, -0.15) is 0 Å². The summed E-state index contributed by atoms with van der Waals surface area (Å²) in [5.74, 6) is -1.59. The van der Waals surface area contributed by atoms with Crippen LogP contribution in [0, 0.1) is 11.7 Å². The number of imidazole rings is 1.